The second kappa shape index (κ2) is 7.85. The Morgan fingerprint density at radius 3 is 1.94 bits per heavy atom. The average Bonchev–Trinajstić information content (AvgIpc) is 3.14. The van der Waals surface area contributed by atoms with Gasteiger partial charge in [0.25, 0.3) is 0 Å². The number of nitrogens with zero attached hydrogens (tertiary/aromatic N) is 3. The van der Waals surface area contributed by atoms with Crippen molar-refractivity contribution >= 4 is 5.97 Å². The van der Waals surface area contributed by atoms with Gasteiger partial charge in [0.2, 0.25) is 0 Å². The smallest absolute Gasteiger partial charge is 0.435 e. The van der Waals surface area contributed by atoms with Crippen LogP contribution in [0, 0.1) is 20.8 Å². The molecule has 3 rings (SSSR count). The minimum atomic E-state index is -6.21. The van der Waals surface area contributed by atoms with Crippen LogP contribution in [0.4, 0.5) is 30.7 Å². The molecule has 0 bridgehead atoms. The molecule has 0 atom stereocenters. The molecule has 12 heteroatoms. The molecule has 176 valence electrons. The highest BCUT2D eigenvalue weighted by atomic mass is 19.4. The van der Waals surface area contributed by atoms with Crippen LogP contribution in [0.25, 0.3) is 16.8 Å². The topological polar surface area (TPSA) is 68.0 Å². The van der Waals surface area contributed by atoms with Crippen LogP contribution in [-0.2, 0) is 5.67 Å². The highest BCUT2D eigenvalue weighted by molar-refractivity contribution is 5.89. The first-order chi connectivity index (χ1) is 15.1. The molecule has 0 saturated carbocycles. The van der Waals surface area contributed by atoms with Crippen molar-refractivity contribution in [2.24, 2.45) is 0 Å². The van der Waals surface area contributed by atoms with Gasteiger partial charge in [0.15, 0.2) is 0 Å². The van der Waals surface area contributed by atoms with E-state index in [1.807, 2.05) is 0 Å². The first-order valence-electron chi connectivity index (χ1n) is 9.27. The zero-order valence-electron chi connectivity index (χ0n) is 17.3. The maximum Gasteiger partial charge on any atom is 0.435 e. The molecule has 0 spiro atoms. The van der Waals surface area contributed by atoms with Crippen LogP contribution in [0.1, 0.15) is 32.7 Å². The number of aryl methyl sites for hydroxylation is 3. The zero-order chi connectivity index (χ0) is 24.9. The van der Waals surface area contributed by atoms with E-state index in [1.165, 1.54) is 50.1 Å². The number of halogens is 7. The molecule has 0 fully saturated rings. The Morgan fingerprint density at radius 1 is 0.909 bits per heavy atom. The molecule has 0 amide bonds. The van der Waals surface area contributed by atoms with E-state index in [0.29, 0.717) is 17.7 Å². The fraction of sp³-hybridized carbons (Fsp3) is 0.286. The molecule has 5 nitrogen and oxygen atoms in total. The van der Waals surface area contributed by atoms with E-state index in [-0.39, 0.29) is 33.6 Å². The van der Waals surface area contributed by atoms with Gasteiger partial charge in [-0.05, 0) is 43.5 Å². The van der Waals surface area contributed by atoms with Crippen LogP contribution in [0.15, 0.2) is 36.8 Å². The van der Waals surface area contributed by atoms with E-state index >= 15 is 0 Å². The van der Waals surface area contributed by atoms with Gasteiger partial charge in [0.1, 0.15) is 0 Å². The Labute approximate surface area is 182 Å². The summed E-state index contributed by atoms with van der Waals surface area (Å²) in [5.41, 5.74) is -6.12. The zero-order valence-corrected chi connectivity index (χ0v) is 17.3. The van der Waals surface area contributed by atoms with Gasteiger partial charge in [-0.15, -0.1) is 0 Å². The number of carboxylic acids is 1. The lowest BCUT2D eigenvalue weighted by molar-refractivity contribution is -0.348. The second-order valence-corrected chi connectivity index (χ2v) is 7.44. The van der Waals surface area contributed by atoms with Crippen molar-refractivity contribution in [3.8, 4) is 16.8 Å². The lowest BCUT2D eigenvalue weighted by atomic mass is 9.87. The van der Waals surface area contributed by atoms with Gasteiger partial charge in [-0.1, -0.05) is 12.1 Å². The van der Waals surface area contributed by atoms with E-state index in [2.05, 4.69) is 10.1 Å². The molecule has 0 unspecified atom stereocenters. The molecule has 33 heavy (non-hydrogen) atoms. The molecule has 0 radical (unpaired) electrons. The molecule has 1 aromatic carbocycles. The van der Waals surface area contributed by atoms with Crippen LogP contribution in [0.5, 0.6) is 0 Å². The lowest BCUT2D eigenvalue weighted by Crippen LogP contribution is -2.50. The Kier molecular flexibility index (Phi) is 5.76. The van der Waals surface area contributed by atoms with Crippen molar-refractivity contribution in [3.05, 3.63) is 64.7 Å². The first-order valence-corrected chi connectivity index (χ1v) is 9.27. The van der Waals surface area contributed by atoms with E-state index in [0.717, 1.165) is 0 Å². The number of carboxylic acid groups (broad SMARTS) is 1. The number of aromatic nitrogens is 3. The highest BCUT2D eigenvalue weighted by Gasteiger charge is 2.73. The number of aromatic carboxylic acids is 1. The van der Waals surface area contributed by atoms with Crippen molar-refractivity contribution in [1.29, 1.82) is 0 Å². The number of rotatable bonds is 4. The molecule has 0 saturated heterocycles. The minimum Gasteiger partial charge on any atom is -0.478 e. The summed E-state index contributed by atoms with van der Waals surface area (Å²) in [7, 11) is 0. The third-order valence-electron chi connectivity index (χ3n) is 5.15. The summed E-state index contributed by atoms with van der Waals surface area (Å²) in [6.45, 7) is 4.02. The summed E-state index contributed by atoms with van der Waals surface area (Å²) < 4.78 is 94.5. The van der Waals surface area contributed by atoms with Gasteiger partial charge in [0.05, 0.1) is 29.3 Å². The van der Waals surface area contributed by atoms with Gasteiger partial charge < -0.3 is 5.11 Å². The highest BCUT2D eigenvalue weighted by Crippen LogP contribution is 2.53. The molecule has 1 N–H and O–H groups in total. The number of benzene rings is 1. The normalized spacial score (nSPS) is 12.8. The third-order valence-corrected chi connectivity index (χ3v) is 5.15. The first kappa shape index (κ1) is 24.2. The van der Waals surface area contributed by atoms with Gasteiger partial charge >= 0.3 is 24.0 Å². The monoisotopic (exact) mass is 475 g/mol. The summed E-state index contributed by atoms with van der Waals surface area (Å²) in [6, 6.07) is 2.33. The minimum absolute atomic E-state index is 0.0340. The van der Waals surface area contributed by atoms with Gasteiger partial charge in [0, 0.05) is 17.3 Å². The molecular weight excluding hydrogens is 459 g/mol. The summed E-state index contributed by atoms with van der Waals surface area (Å²) in [4.78, 5) is 15.3. The van der Waals surface area contributed by atoms with Crippen LogP contribution in [0.2, 0.25) is 0 Å². The average molecular weight is 475 g/mol. The number of hydrogen-bond donors (Lipinski definition) is 1. The second-order valence-electron chi connectivity index (χ2n) is 7.44. The molecular formula is C21H16F7N3O2. The lowest BCUT2D eigenvalue weighted by Gasteiger charge is -2.31. The van der Waals surface area contributed by atoms with Crippen molar-refractivity contribution < 1.29 is 40.6 Å². The van der Waals surface area contributed by atoms with E-state index in [9.17, 15) is 40.6 Å². The standard InChI is InChI=1S/C21H16F7N3O2/c1-10-4-14(19(22,20(23,24)25)21(26,27)28)5-11(2)17(10)13-7-30-31(9-13)15-6-16(18(32)33)12(3)29-8-15/h4-9H,1-3H3,(H,32,33). The van der Waals surface area contributed by atoms with Gasteiger partial charge in [-0.2, -0.15) is 31.4 Å². The summed E-state index contributed by atoms with van der Waals surface area (Å²) in [5.74, 6) is -1.21. The van der Waals surface area contributed by atoms with Crippen LogP contribution in [-0.4, -0.2) is 38.2 Å². The number of hydrogen-bond acceptors (Lipinski definition) is 3. The molecule has 0 aliphatic heterocycles. The molecule has 3 aromatic rings. The third kappa shape index (κ3) is 4.05. The quantitative estimate of drug-likeness (QED) is 0.481. The number of carbonyl (C=O) groups is 1. The van der Waals surface area contributed by atoms with E-state index in [1.54, 1.807) is 0 Å². The maximum absolute atomic E-state index is 14.5. The van der Waals surface area contributed by atoms with Crippen molar-refractivity contribution in [3.63, 3.8) is 0 Å². The van der Waals surface area contributed by atoms with Crippen LogP contribution >= 0.6 is 0 Å². The van der Waals surface area contributed by atoms with Crippen molar-refractivity contribution in [2.75, 3.05) is 0 Å². The SMILES string of the molecule is Cc1cc(C(F)(C(F)(F)F)C(F)(F)F)cc(C)c1-c1cnn(-c2cnc(C)c(C(=O)O)c2)c1. The number of pyridine rings is 1. The molecule has 2 heterocycles. The van der Waals surface area contributed by atoms with E-state index in [4.69, 9.17) is 0 Å². The Morgan fingerprint density at radius 2 is 1.45 bits per heavy atom. The Hall–Kier alpha value is -3.44. The number of alkyl halides is 7. The molecule has 2 aromatic heterocycles. The fourth-order valence-corrected chi connectivity index (χ4v) is 3.56. The molecule has 0 aliphatic rings. The maximum atomic E-state index is 14.5. The van der Waals surface area contributed by atoms with Crippen LogP contribution < -0.4 is 0 Å². The molecule has 0 aliphatic carbocycles. The largest absolute Gasteiger partial charge is 0.478 e. The predicted octanol–water partition coefficient (Wildman–Crippen LogP) is 5.85. The summed E-state index contributed by atoms with van der Waals surface area (Å²) >= 11 is 0. The summed E-state index contributed by atoms with van der Waals surface area (Å²) in [6.07, 6.45) is -8.37. The Bertz CT molecular complexity index is 1190. The van der Waals surface area contributed by atoms with Crippen LogP contribution in [0.3, 0.4) is 0 Å². The van der Waals surface area contributed by atoms with Crippen molar-refractivity contribution in [1.82, 2.24) is 14.8 Å². The fourth-order valence-electron chi connectivity index (χ4n) is 3.56. The van der Waals surface area contributed by atoms with Crippen molar-refractivity contribution in [2.45, 2.75) is 38.8 Å². The van der Waals surface area contributed by atoms with E-state index < -0.39 is 29.6 Å². The van der Waals surface area contributed by atoms with Gasteiger partial charge in [-0.25, -0.2) is 13.9 Å². The summed E-state index contributed by atoms with van der Waals surface area (Å²) in [5, 5.41) is 13.3. The Balaban J connectivity index is 2.10. The van der Waals surface area contributed by atoms with Gasteiger partial charge in [-0.3, -0.25) is 4.98 Å². The predicted molar refractivity (Wildman–Crippen MR) is 103 cm³/mol.